The number of piperidine rings is 1. The third-order valence-corrected chi connectivity index (χ3v) is 5.13. The molecule has 4 nitrogen and oxygen atoms in total. The number of halogens is 1. The maximum Gasteiger partial charge on any atom is 0.246 e. The van der Waals surface area contributed by atoms with E-state index in [1.54, 1.807) is 6.92 Å². The van der Waals surface area contributed by atoms with Crippen LogP contribution < -0.4 is 5.73 Å². The van der Waals surface area contributed by atoms with Crippen LogP contribution in [0.1, 0.15) is 30.9 Å². The largest absolute Gasteiger partial charge is 0.378 e. The van der Waals surface area contributed by atoms with E-state index >= 15 is 0 Å². The molecular formula is C22H29ClN2O2. The number of amides is 1. The van der Waals surface area contributed by atoms with E-state index in [0.29, 0.717) is 13.1 Å². The molecule has 0 bridgehead atoms. The SMILES string of the molecule is CC(N)(C(=O)N1CCC(OCCc2ccccc2)CC1)c1ccccc1.Cl. The van der Waals surface area contributed by atoms with Crippen molar-refractivity contribution in [3.05, 3.63) is 71.8 Å². The summed E-state index contributed by atoms with van der Waals surface area (Å²) in [6.07, 6.45) is 2.88. The molecule has 1 amide bonds. The third kappa shape index (κ3) is 5.55. The summed E-state index contributed by atoms with van der Waals surface area (Å²) < 4.78 is 6.02. The van der Waals surface area contributed by atoms with Crippen LogP contribution in [0.4, 0.5) is 0 Å². The molecule has 2 aromatic rings. The monoisotopic (exact) mass is 388 g/mol. The predicted molar refractivity (Wildman–Crippen MR) is 111 cm³/mol. The van der Waals surface area contributed by atoms with Gasteiger partial charge in [-0.15, -0.1) is 12.4 Å². The van der Waals surface area contributed by atoms with Crippen LogP contribution in [-0.2, 0) is 21.5 Å². The molecule has 0 spiro atoms. The van der Waals surface area contributed by atoms with Gasteiger partial charge in [0.15, 0.2) is 0 Å². The highest BCUT2D eigenvalue weighted by atomic mass is 35.5. The van der Waals surface area contributed by atoms with E-state index in [-0.39, 0.29) is 24.4 Å². The van der Waals surface area contributed by atoms with Gasteiger partial charge in [-0.3, -0.25) is 4.79 Å². The van der Waals surface area contributed by atoms with Crippen LogP contribution in [0.15, 0.2) is 60.7 Å². The zero-order valence-corrected chi connectivity index (χ0v) is 16.7. The lowest BCUT2D eigenvalue weighted by Gasteiger charge is -2.37. The summed E-state index contributed by atoms with van der Waals surface area (Å²) in [6.45, 7) is 3.93. The third-order valence-electron chi connectivity index (χ3n) is 5.13. The van der Waals surface area contributed by atoms with Crippen molar-refractivity contribution in [2.75, 3.05) is 19.7 Å². The molecule has 0 radical (unpaired) electrons. The molecule has 3 rings (SSSR count). The van der Waals surface area contributed by atoms with Gasteiger partial charge in [0.1, 0.15) is 5.54 Å². The van der Waals surface area contributed by atoms with Gasteiger partial charge in [-0.25, -0.2) is 0 Å². The topological polar surface area (TPSA) is 55.6 Å². The smallest absolute Gasteiger partial charge is 0.246 e. The highest BCUT2D eigenvalue weighted by molar-refractivity contribution is 5.87. The number of nitrogens with zero attached hydrogens (tertiary/aromatic N) is 1. The normalized spacial score (nSPS) is 17.0. The van der Waals surface area contributed by atoms with Gasteiger partial charge < -0.3 is 15.4 Å². The summed E-state index contributed by atoms with van der Waals surface area (Å²) in [7, 11) is 0. The lowest BCUT2D eigenvalue weighted by molar-refractivity contribution is -0.139. The number of carbonyl (C=O) groups excluding carboxylic acids is 1. The van der Waals surface area contributed by atoms with Gasteiger partial charge in [0.2, 0.25) is 5.91 Å². The van der Waals surface area contributed by atoms with Crippen molar-refractivity contribution in [3.63, 3.8) is 0 Å². The van der Waals surface area contributed by atoms with Crippen LogP contribution in [0.2, 0.25) is 0 Å². The molecule has 27 heavy (non-hydrogen) atoms. The number of carbonyl (C=O) groups is 1. The first-order valence-electron chi connectivity index (χ1n) is 9.36. The summed E-state index contributed by atoms with van der Waals surface area (Å²) in [4.78, 5) is 14.8. The zero-order chi connectivity index (χ0) is 18.4. The van der Waals surface area contributed by atoms with Crippen molar-refractivity contribution in [2.45, 2.75) is 37.8 Å². The molecule has 2 N–H and O–H groups in total. The number of hydrogen-bond acceptors (Lipinski definition) is 3. The molecule has 1 atom stereocenters. The minimum Gasteiger partial charge on any atom is -0.378 e. The molecule has 1 aliphatic rings. The fourth-order valence-corrected chi connectivity index (χ4v) is 3.45. The van der Waals surface area contributed by atoms with Crippen molar-refractivity contribution < 1.29 is 9.53 Å². The molecule has 0 aromatic heterocycles. The second kappa shape index (κ2) is 9.88. The second-order valence-corrected chi connectivity index (χ2v) is 7.17. The predicted octanol–water partition coefficient (Wildman–Crippen LogP) is 3.53. The van der Waals surface area contributed by atoms with Gasteiger partial charge in [0, 0.05) is 13.1 Å². The van der Waals surface area contributed by atoms with Gasteiger partial charge in [0.05, 0.1) is 12.7 Å². The summed E-state index contributed by atoms with van der Waals surface area (Å²) >= 11 is 0. The maximum atomic E-state index is 12.9. The van der Waals surface area contributed by atoms with Crippen molar-refractivity contribution in [1.82, 2.24) is 4.90 Å². The number of benzene rings is 2. The Kier molecular flexibility index (Phi) is 7.84. The first kappa shape index (κ1) is 21.4. The van der Waals surface area contributed by atoms with E-state index in [1.165, 1.54) is 5.56 Å². The van der Waals surface area contributed by atoms with Crippen LogP contribution in [-0.4, -0.2) is 36.6 Å². The van der Waals surface area contributed by atoms with E-state index in [9.17, 15) is 4.79 Å². The molecular weight excluding hydrogens is 360 g/mol. The Labute approximate surface area is 168 Å². The van der Waals surface area contributed by atoms with Crippen molar-refractivity contribution in [2.24, 2.45) is 5.73 Å². The van der Waals surface area contributed by atoms with Crippen LogP contribution in [0, 0.1) is 0 Å². The number of rotatable bonds is 6. The van der Waals surface area contributed by atoms with E-state index in [4.69, 9.17) is 10.5 Å². The molecule has 1 fully saturated rings. The van der Waals surface area contributed by atoms with Gasteiger partial charge in [-0.1, -0.05) is 60.7 Å². The Morgan fingerprint density at radius 3 is 2.22 bits per heavy atom. The van der Waals surface area contributed by atoms with E-state index in [0.717, 1.165) is 31.4 Å². The Bertz CT molecular complexity index is 699. The highest BCUT2D eigenvalue weighted by Crippen LogP contribution is 2.23. The van der Waals surface area contributed by atoms with Crippen molar-refractivity contribution in [3.8, 4) is 0 Å². The van der Waals surface area contributed by atoms with E-state index in [1.807, 2.05) is 41.3 Å². The van der Waals surface area contributed by atoms with E-state index in [2.05, 4.69) is 24.3 Å². The van der Waals surface area contributed by atoms with Gasteiger partial charge in [-0.05, 0) is 37.3 Å². The van der Waals surface area contributed by atoms with Crippen molar-refractivity contribution in [1.29, 1.82) is 0 Å². The molecule has 2 aromatic carbocycles. The zero-order valence-electron chi connectivity index (χ0n) is 15.8. The number of nitrogens with two attached hydrogens (primary N) is 1. The standard InChI is InChI=1S/C22H28N2O2.ClH/c1-22(23,19-10-6-3-7-11-19)21(25)24-15-12-20(13-16-24)26-17-14-18-8-4-2-5-9-18;/h2-11,20H,12-17,23H2,1H3;1H. The molecule has 1 heterocycles. The lowest BCUT2D eigenvalue weighted by atomic mass is 9.90. The fourth-order valence-electron chi connectivity index (χ4n) is 3.45. The maximum absolute atomic E-state index is 12.9. The summed E-state index contributed by atoms with van der Waals surface area (Å²) in [6, 6.07) is 20.0. The van der Waals surface area contributed by atoms with Gasteiger partial charge in [-0.2, -0.15) is 0 Å². The van der Waals surface area contributed by atoms with Crippen LogP contribution >= 0.6 is 12.4 Å². The van der Waals surface area contributed by atoms with E-state index < -0.39 is 5.54 Å². The molecule has 1 unspecified atom stereocenters. The van der Waals surface area contributed by atoms with Crippen LogP contribution in [0.25, 0.3) is 0 Å². The number of likely N-dealkylation sites (tertiary alicyclic amines) is 1. The van der Waals surface area contributed by atoms with Gasteiger partial charge in [0.25, 0.3) is 0 Å². The minimum absolute atomic E-state index is 0. The summed E-state index contributed by atoms with van der Waals surface area (Å²) in [5.41, 5.74) is 7.53. The highest BCUT2D eigenvalue weighted by Gasteiger charge is 2.36. The number of hydrogen-bond donors (Lipinski definition) is 1. The Balaban J connectivity index is 0.00000261. The van der Waals surface area contributed by atoms with Crippen molar-refractivity contribution >= 4 is 18.3 Å². The Morgan fingerprint density at radius 2 is 1.63 bits per heavy atom. The Morgan fingerprint density at radius 1 is 1.07 bits per heavy atom. The molecule has 5 heteroatoms. The quantitative estimate of drug-likeness (QED) is 0.823. The average molecular weight is 389 g/mol. The summed E-state index contributed by atoms with van der Waals surface area (Å²) in [5.74, 6) is -0.00793. The Hall–Kier alpha value is -1.88. The number of ether oxygens (including phenoxy) is 1. The second-order valence-electron chi connectivity index (χ2n) is 7.17. The molecule has 146 valence electrons. The first-order chi connectivity index (χ1) is 12.6. The minimum atomic E-state index is -0.984. The van der Waals surface area contributed by atoms with Gasteiger partial charge >= 0.3 is 0 Å². The van der Waals surface area contributed by atoms with Crippen LogP contribution in [0.5, 0.6) is 0 Å². The average Bonchev–Trinajstić information content (AvgIpc) is 2.69. The first-order valence-corrected chi connectivity index (χ1v) is 9.36. The fraction of sp³-hybridized carbons (Fsp3) is 0.409. The lowest BCUT2D eigenvalue weighted by Crippen LogP contribution is -2.53. The van der Waals surface area contributed by atoms with Crippen LogP contribution in [0.3, 0.4) is 0 Å². The molecule has 1 saturated heterocycles. The molecule has 0 saturated carbocycles. The summed E-state index contributed by atoms with van der Waals surface area (Å²) in [5, 5.41) is 0. The molecule has 1 aliphatic heterocycles. The molecule has 0 aliphatic carbocycles.